The van der Waals surface area contributed by atoms with Gasteiger partial charge in [-0.25, -0.2) is 5.01 Å². The van der Waals surface area contributed by atoms with E-state index in [0.717, 1.165) is 31.5 Å². The van der Waals surface area contributed by atoms with Gasteiger partial charge in [0.15, 0.2) is 0 Å². The predicted molar refractivity (Wildman–Crippen MR) is 111 cm³/mol. The van der Waals surface area contributed by atoms with Gasteiger partial charge < -0.3 is 4.90 Å². The molecule has 4 nitrogen and oxygen atoms in total. The summed E-state index contributed by atoms with van der Waals surface area (Å²) in [5.41, 5.74) is 2.19. The van der Waals surface area contributed by atoms with Crippen molar-refractivity contribution in [1.82, 2.24) is 9.91 Å². The van der Waals surface area contributed by atoms with E-state index in [4.69, 9.17) is 0 Å². The van der Waals surface area contributed by atoms with Gasteiger partial charge in [0, 0.05) is 25.0 Å². The molecule has 0 aliphatic carbocycles. The summed E-state index contributed by atoms with van der Waals surface area (Å²) in [6.07, 6.45) is 8.20. The molecule has 3 aliphatic rings. The molecule has 0 fully saturated rings. The molecule has 0 atom stereocenters. The van der Waals surface area contributed by atoms with Crippen LogP contribution >= 0.6 is 11.8 Å². The topological polar surface area (TPSA) is 35.9 Å². The number of nitrogens with zero attached hydrogens (tertiary/aromatic N) is 3. The number of allylic oxidation sites excluding steroid dienone is 2. The van der Waals surface area contributed by atoms with E-state index in [1.165, 1.54) is 9.81 Å². The number of hydrogen-bond donors (Lipinski definition) is 0. The minimum atomic E-state index is -0.502. The van der Waals surface area contributed by atoms with E-state index >= 15 is 0 Å². The fraction of sp³-hybridized carbons (Fsp3) is 0.619. The van der Waals surface area contributed by atoms with Crippen LogP contribution in [0.2, 0.25) is 0 Å². The number of rotatable bonds is 3. The lowest BCUT2D eigenvalue weighted by Gasteiger charge is -2.39. The number of thioether (sulfide) groups is 1. The van der Waals surface area contributed by atoms with Gasteiger partial charge in [0.25, 0.3) is 5.91 Å². The van der Waals surface area contributed by atoms with Crippen LogP contribution in [-0.2, 0) is 4.79 Å². The van der Waals surface area contributed by atoms with Crippen LogP contribution in [0.5, 0.6) is 0 Å². The summed E-state index contributed by atoms with van der Waals surface area (Å²) in [7, 11) is 2.20. The summed E-state index contributed by atoms with van der Waals surface area (Å²) in [6.45, 7) is 13.4. The molecule has 26 heavy (non-hydrogen) atoms. The Morgan fingerprint density at radius 1 is 1.19 bits per heavy atom. The van der Waals surface area contributed by atoms with E-state index in [-0.39, 0.29) is 11.3 Å². The maximum atomic E-state index is 12.8. The van der Waals surface area contributed by atoms with Crippen LogP contribution < -0.4 is 0 Å². The monoisotopic (exact) mass is 373 g/mol. The van der Waals surface area contributed by atoms with E-state index in [1.807, 2.05) is 38.6 Å². The van der Waals surface area contributed by atoms with Crippen molar-refractivity contribution >= 4 is 23.9 Å². The first kappa shape index (κ1) is 19.4. The summed E-state index contributed by atoms with van der Waals surface area (Å²) in [6, 6.07) is 0. The smallest absolute Gasteiger partial charge is 0.252 e. The molecular weight excluding hydrogens is 342 g/mol. The van der Waals surface area contributed by atoms with Gasteiger partial charge in [0.2, 0.25) is 0 Å². The van der Waals surface area contributed by atoms with Crippen LogP contribution in [0.1, 0.15) is 47.5 Å². The summed E-state index contributed by atoms with van der Waals surface area (Å²) in [5.74, 6) is 0.0745. The van der Waals surface area contributed by atoms with Crippen LogP contribution in [0, 0.1) is 10.8 Å². The normalized spacial score (nSPS) is 25.6. The molecular formula is C21H31N3OS. The summed E-state index contributed by atoms with van der Waals surface area (Å²) in [4.78, 5) is 18.1. The summed E-state index contributed by atoms with van der Waals surface area (Å²) >= 11 is 1.93. The zero-order valence-corrected chi connectivity index (χ0v) is 17.7. The molecule has 3 heterocycles. The molecule has 142 valence electrons. The van der Waals surface area contributed by atoms with Gasteiger partial charge in [-0.1, -0.05) is 37.8 Å². The highest BCUT2D eigenvalue weighted by Gasteiger charge is 2.34. The van der Waals surface area contributed by atoms with E-state index in [0.29, 0.717) is 6.54 Å². The number of hydrogen-bond acceptors (Lipinski definition) is 4. The zero-order valence-electron chi connectivity index (χ0n) is 16.9. The molecule has 0 saturated heterocycles. The fourth-order valence-electron chi connectivity index (χ4n) is 3.95. The average Bonchev–Trinajstić information content (AvgIpc) is 2.63. The molecule has 0 spiro atoms. The van der Waals surface area contributed by atoms with Gasteiger partial charge >= 0.3 is 0 Å². The maximum Gasteiger partial charge on any atom is 0.252 e. The van der Waals surface area contributed by atoms with E-state index in [9.17, 15) is 4.79 Å². The minimum absolute atomic E-state index is 0.0745. The van der Waals surface area contributed by atoms with Crippen LogP contribution in [-0.4, -0.2) is 48.7 Å². The van der Waals surface area contributed by atoms with Crippen LogP contribution in [0.25, 0.3) is 0 Å². The molecule has 3 aliphatic heterocycles. The van der Waals surface area contributed by atoms with Gasteiger partial charge in [0.05, 0.1) is 11.6 Å². The molecule has 1 amide bonds. The van der Waals surface area contributed by atoms with Crippen molar-refractivity contribution < 1.29 is 4.79 Å². The Morgan fingerprint density at radius 3 is 2.65 bits per heavy atom. The highest BCUT2D eigenvalue weighted by molar-refractivity contribution is 8.06. The lowest BCUT2D eigenvalue weighted by Crippen LogP contribution is -2.37. The first-order valence-electron chi connectivity index (χ1n) is 9.44. The van der Waals surface area contributed by atoms with E-state index < -0.39 is 5.41 Å². The lowest BCUT2D eigenvalue weighted by molar-refractivity contribution is -0.137. The van der Waals surface area contributed by atoms with Crippen molar-refractivity contribution in [2.75, 3.05) is 26.7 Å². The van der Waals surface area contributed by atoms with Crippen LogP contribution in [0.3, 0.4) is 0 Å². The van der Waals surface area contributed by atoms with Gasteiger partial charge in [-0.05, 0) is 61.6 Å². The van der Waals surface area contributed by atoms with Crippen molar-refractivity contribution in [1.29, 1.82) is 0 Å². The van der Waals surface area contributed by atoms with Crippen molar-refractivity contribution in [3.63, 3.8) is 0 Å². The van der Waals surface area contributed by atoms with Crippen LogP contribution in [0.15, 0.2) is 38.2 Å². The molecule has 0 unspecified atom stereocenters. The largest absolute Gasteiger partial charge is 0.302 e. The second-order valence-corrected chi connectivity index (χ2v) is 10.1. The zero-order chi connectivity index (χ0) is 19.1. The second-order valence-electron chi connectivity index (χ2n) is 8.86. The molecule has 0 bridgehead atoms. The van der Waals surface area contributed by atoms with Gasteiger partial charge in [-0.2, -0.15) is 5.10 Å². The quantitative estimate of drug-likeness (QED) is 0.734. The number of carbonyl (C=O) groups excluding carboxylic acids is 1. The first-order valence-corrected chi connectivity index (χ1v) is 10.3. The molecule has 0 aromatic heterocycles. The van der Waals surface area contributed by atoms with Gasteiger partial charge in [-0.3, -0.25) is 4.79 Å². The Hall–Kier alpha value is -1.33. The third-order valence-electron chi connectivity index (χ3n) is 5.38. The number of carbonyl (C=O) groups is 1. The molecule has 5 heteroatoms. The Bertz CT molecular complexity index is 728. The Balaban J connectivity index is 1.71. The van der Waals surface area contributed by atoms with Crippen molar-refractivity contribution in [3.8, 4) is 0 Å². The minimum Gasteiger partial charge on any atom is -0.302 e. The number of hydrazone groups is 1. The highest BCUT2D eigenvalue weighted by atomic mass is 32.2. The summed E-state index contributed by atoms with van der Waals surface area (Å²) in [5, 5.41) is 6.08. The number of amides is 1. The molecule has 0 aromatic rings. The molecule has 0 saturated carbocycles. The highest BCUT2D eigenvalue weighted by Crippen LogP contribution is 2.48. The second kappa shape index (κ2) is 7.01. The van der Waals surface area contributed by atoms with Crippen LogP contribution in [0.4, 0.5) is 0 Å². The third kappa shape index (κ3) is 3.99. The van der Waals surface area contributed by atoms with Crippen molar-refractivity contribution in [2.45, 2.75) is 47.5 Å². The van der Waals surface area contributed by atoms with Gasteiger partial charge in [0.1, 0.15) is 0 Å². The van der Waals surface area contributed by atoms with Crippen molar-refractivity contribution in [2.24, 2.45) is 15.9 Å². The third-order valence-corrected chi connectivity index (χ3v) is 6.67. The number of likely N-dealkylation sites (N-methyl/N-ethyl adjacent to an activating group) is 1. The Kier molecular flexibility index (Phi) is 5.24. The Morgan fingerprint density at radius 2 is 1.92 bits per heavy atom. The van der Waals surface area contributed by atoms with E-state index in [1.54, 1.807) is 16.8 Å². The molecule has 0 N–H and O–H groups in total. The van der Waals surface area contributed by atoms with Gasteiger partial charge in [-0.15, -0.1) is 0 Å². The Labute approximate surface area is 162 Å². The maximum absolute atomic E-state index is 12.8. The van der Waals surface area contributed by atoms with E-state index in [2.05, 4.69) is 37.0 Å². The SMILES string of the molecule is CC1=CC(C)(C)C(=O)N(CCC2=CC(C)(C)C3=C(CCN(C)C3)S2)N=C1. The molecule has 0 aromatic carbocycles. The average molecular weight is 374 g/mol. The standard InChI is InChI=1S/C21H31N3OS/c1-15-11-21(4,5)19(25)24(22-13-15)10-7-16-12-20(2,3)17-14-23(6)9-8-18(17)26-16/h11-13H,7-10,14H2,1-6H3. The first-order chi connectivity index (χ1) is 12.1. The fourth-order valence-corrected chi connectivity index (χ4v) is 5.45. The predicted octanol–water partition coefficient (Wildman–Crippen LogP) is 4.42. The lowest BCUT2D eigenvalue weighted by atomic mass is 9.81. The molecule has 0 radical (unpaired) electrons. The van der Waals surface area contributed by atoms with Crippen molar-refractivity contribution in [3.05, 3.63) is 33.1 Å². The summed E-state index contributed by atoms with van der Waals surface area (Å²) < 4.78 is 0. The molecule has 3 rings (SSSR count).